The van der Waals surface area contributed by atoms with Gasteiger partial charge in [0.05, 0.1) is 0 Å². The van der Waals surface area contributed by atoms with E-state index < -0.39 is 0 Å². The molecule has 3 atom stereocenters. The molecule has 1 aliphatic carbocycles. The summed E-state index contributed by atoms with van der Waals surface area (Å²) in [6.45, 7) is 4.48. The Morgan fingerprint density at radius 1 is 1.10 bits per heavy atom. The molecule has 0 amide bonds. The van der Waals surface area contributed by atoms with Crippen molar-refractivity contribution in [1.29, 1.82) is 0 Å². The quantitative estimate of drug-likeness (QED) is 0.510. The minimum Gasteiger partial charge on any atom is -0.303 e. The second-order valence-corrected chi connectivity index (χ2v) is 3.81. The fraction of sp³-hybridized carbons (Fsp3) is 0.889. The van der Waals surface area contributed by atoms with E-state index in [1.165, 1.54) is 6.42 Å². The highest BCUT2D eigenvalue weighted by Gasteiger charge is 2.22. The van der Waals surface area contributed by atoms with Gasteiger partial charge in [0, 0.05) is 5.92 Å². The minimum atomic E-state index is 0.360. The molecule has 0 aromatic heterocycles. The molecule has 58 valence electrons. The van der Waals surface area contributed by atoms with Crippen LogP contribution in [-0.4, -0.2) is 6.29 Å². The Labute approximate surface area is 62.8 Å². The standard InChI is InChI=1S/C9H16O/c1-7-3-8(2)5-9(4-7)6-10/h6-9H,3-5H2,1-2H3/t7-,8+,9-. The van der Waals surface area contributed by atoms with E-state index in [1.54, 1.807) is 0 Å². The summed E-state index contributed by atoms with van der Waals surface area (Å²) in [7, 11) is 0. The fourth-order valence-corrected chi connectivity index (χ4v) is 2.12. The van der Waals surface area contributed by atoms with E-state index in [2.05, 4.69) is 13.8 Å². The fourth-order valence-electron chi connectivity index (χ4n) is 2.12. The summed E-state index contributed by atoms with van der Waals surface area (Å²) >= 11 is 0. The number of carbonyl (C=O) groups is 1. The molecule has 1 heteroatoms. The number of hydrogen-bond donors (Lipinski definition) is 0. The van der Waals surface area contributed by atoms with Crippen molar-refractivity contribution >= 4 is 6.29 Å². The maximum atomic E-state index is 10.5. The predicted molar refractivity (Wildman–Crippen MR) is 41.7 cm³/mol. The van der Waals surface area contributed by atoms with Crippen LogP contribution in [0.4, 0.5) is 0 Å². The van der Waals surface area contributed by atoms with E-state index in [1.807, 2.05) is 0 Å². The first-order valence-corrected chi connectivity index (χ1v) is 4.17. The molecule has 0 bridgehead atoms. The average molecular weight is 140 g/mol. The summed E-state index contributed by atoms with van der Waals surface area (Å²) in [4.78, 5) is 10.5. The molecule has 1 aliphatic rings. The smallest absolute Gasteiger partial charge is 0.123 e. The van der Waals surface area contributed by atoms with Crippen molar-refractivity contribution in [1.82, 2.24) is 0 Å². The van der Waals surface area contributed by atoms with Crippen LogP contribution < -0.4 is 0 Å². The van der Waals surface area contributed by atoms with Gasteiger partial charge in [-0.3, -0.25) is 0 Å². The van der Waals surface area contributed by atoms with Gasteiger partial charge in [0.1, 0.15) is 6.29 Å². The highest BCUT2D eigenvalue weighted by atomic mass is 16.1. The molecule has 1 nitrogen and oxygen atoms in total. The van der Waals surface area contributed by atoms with Crippen molar-refractivity contribution < 1.29 is 4.79 Å². The van der Waals surface area contributed by atoms with Gasteiger partial charge in [0.15, 0.2) is 0 Å². The summed E-state index contributed by atoms with van der Waals surface area (Å²) in [6.07, 6.45) is 4.68. The van der Waals surface area contributed by atoms with Crippen LogP contribution >= 0.6 is 0 Å². The van der Waals surface area contributed by atoms with Crippen molar-refractivity contribution in [3.63, 3.8) is 0 Å². The van der Waals surface area contributed by atoms with E-state index in [-0.39, 0.29) is 0 Å². The van der Waals surface area contributed by atoms with Crippen molar-refractivity contribution in [2.45, 2.75) is 33.1 Å². The lowest BCUT2D eigenvalue weighted by Crippen LogP contribution is -2.20. The van der Waals surface area contributed by atoms with Gasteiger partial charge in [0.2, 0.25) is 0 Å². The van der Waals surface area contributed by atoms with E-state index in [4.69, 9.17) is 0 Å². The summed E-state index contributed by atoms with van der Waals surface area (Å²) in [6, 6.07) is 0. The van der Waals surface area contributed by atoms with Gasteiger partial charge in [0.25, 0.3) is 0 Å². The summed E-state index contributed by atoms with van der Waals surface area (Å²) in [5.41, 5.74) is 0. The van der Waals surface area contributed by atoms with Gasteiger partial charge < -0.3 is 4.79 Å². The molecule has 0 heterocycles. The molecule has 10 heavy (non-hydrogen) atoms. The zero-order chi connectivity index (χ0) is 7.56. The summed E-state index contributed by atoms with van der Waals surface area (Å²) in [5.74, 6) is 1.89. The molecular formula is C9H16O. The molecule has 1 saturated carbocycles. The van der Waals surface area contributed by atoms with E-state index in [0.29, 0.717) is 5.92 Å². The van der Waals surface area contributed by atoms with Crippen LogP contribution in [0.5, 0.6) is 0 Å². The molecule has 0 saturated heterocycles. The van der Waals surface area contributed by atoms with E-state index in [0.717, 1.165) is 31.0 Å². The number of carbonyl (C=O) groups excluding carboxylic acids is 1. The van der Waals surface area contributed by atoms with Crippen molar-refractivity contribution in [2.24, 2.45) is 17.8 Å². The monoisotopic (exact) mass is 140 g/mol. The SMILES string of the molecule is C[C@@H]1C[C@H](C)C[C@H](C=O)C1. The first-order chi connectivity index (χ1) is 4.72. The molecule has 0 N–H and O–H groups in total. The van der Waals surface area contributed by atoms with Gasteiger partial charge >= 0.3 is 0 Å². The van der Waals surface area contributed by atoms with Crippen LogP contribution in [0.2, 0.25) is 0 Å². The lowest BCUT2D eigenvalue weighted by atomic mass is 9.77. The molecule has 0 aromatic carbocycles. The Morgan fingerprint density at radius 2 is 1.60 bits per heavy atom. The largest absolute Gasteiger partial charge is 0.303 e. The third-order valence-electron chi connectivity index (χ3n) is 2.41. The molecule has 1 rings (SSSR count). The normalized spacial score (nSPS) is 41.2. The van der Waals surface area contributed by atoms with Gasteiger partial charge in [-0.05, 0) is 31.1 Å². The topological polar surface area (TPSA) is 17.1 Å². The molecule has 0 unspecified atom stereocenters. The van der Waals surface area contributed by atoms with Crippen LogP contribution in [0.15, 0.2) is 0 Å². The van der Waals surface area contributed by atoms with Gasteiger partial charge in [-0.2, -0.15) is 0 Å². The average Bonchev–Trinajstić information content (AvgIpc) is 1.85. The van der Waals surface area contributed by atoms with Crippen LogP contribution in [0.25, 0.3) is 0 Å². The van der Waals surface area contributed by atoms with Crippen LogP contribution in [0, 0.1) is 17.8 Å². The second kappa shape index (κ2) is 3.18. The zero-order valence-corrected chi connectivity index (χ0v) is 6.84. The first kappa shape index (κ1) is 7.77. The Bertz CT molecular complexity index is 110. The molecule has 1 fully saturated rings. The first-order valence-electron chi connectivity index (χ1n) is 4.17. The summed E-state index contributed by atoms with van der Waals surface area (Å²) in [5, 5.41) is 0. The molecular weight excluding hydrogens is 124 g/mol. The Morgan fingerprint density at radius 3 is 2.00 bits per heavy atom. The maximum absolute atomic E-state index is 10.5. The molecule has 0 aromatic rings. The Kier molecular flexibility index (Phi) is 2.47. The number of rotatable bonds is 1. The third kappa shape index (κ3) is 1.83. The predicted octanol–water partition coefficient (Wildman–Crippen LogP) is 2.26. The maximum Gasteiger partial charge on any atom is 0.123 e. The van der Waals surface area contributed by atoms with E-state index >= 15 is 0 Å². The highest BCUT2D eigenvalue weighted by Crippen LogP contribution is 2.31. The van der Waals surface area contributed by atoms with E-state index in [9.17, 15) is 4.79 Å². The Hall–Kier alpha value is -0.330. The third-order valence-corrected chi connectivity index (χ3v) is 2.41. The van der Waals surface area contributed by atoms with Gasteiger partial charge in [-0.25, -0.2) is 0 Å². The highest BCUT2D eigenvalue weighted by molar-refractivity contribution is 5.53. The van der Waals surface area contributed by atoms with Crippen LogP contribution in [0.1, 0.15) is 33.1 Å². The van der Waals surface area contributed by atoms with Gasteiger partial charge in [-0.15, -0.1) is 0 Å². The lowest BCUT2D eigenvalue weighted by Gasteiger charge is -2.27. The Balaban J connectivity index is 2.42. The van der Waals surface area contributed by atoms with Crippen LogP contribution in [-0.2, 0) is 4.79 Å². The van der Waals surface area contributed by atoms with Crippen molar-refractivity contribution in [3.05, 3.63) is 0 Å². The minimum absolute atomic E-state index is 0.360. The van der Waals surface area contributed by atoms with Crippen molar-refractivity contribution in [2.75, 3.05) is 0 Å². The zero-order valence-electron chi connectivity index (χ0n) is 6.84. The molecule has 0 spiro atoms. The van der Waals surface area contributed by atoms with Gasteiger partial charge in [-0.1, -0.05) is 13.8 Å². The van der Waals surface area contributed by atoms with Crippen molar-refractivity contribution in [3.8, 4) is 0 Å². The lowest BCUT2D eigenvalue weighted by molar-refractivity contribution is -0.112. The molecule has 0 aliphatic heterocycles. The number of hydrogen-bond acceptors (Lipinski definition) is 1. The summed E-state index contributed by atoms with van der Waals surface area (Å²) < 4.78 is 0. The molecule has 0 radical (unpaired) electrons. The van der Waals surface area contributed by atoms with Crippen LogP contribution in [0.3, 0.4) is 0 Å². The number of aldehydes is 1. The second-order valence-electron chi connectivity index (χ2n) is 3.81.